The monoisotopic (exact) mass is 402 g/mol. The normalized spacial score (nSPS) is 14.6. The number of ether oxygens (including phenoxy) is 1. The smallest absolute Gasteiger partial charge is 0.274 e. The number of aromatic nitrogens is 2. The van der Waals surface area contributed by atoms with Crippen LogP contribution in [0.25, 0.3) is 0 Å². The van der Waals surface area contributed by atoms with E-state index in [2.05, 4.69) is 15.3 Å². The van der Waals surface area contributed by atoms with Gasteiger partial charge in [-0.2, -0.15) is 0 Å². The Morgan fingerprint density at radius 1 is 1.29 bits per heavy atom. The van der Waals surface area contributed by atoms with Crippen LogP contribution in [0.1, 0.15) is 35.8 Å². The first-order valence-electron chi connectivity index (χ1n) is 9.30. The summed E-state index contributed by atoms with van der Waals surface area (Å²) in [4.78, 5) is 35.3. The van der Waals surface area contributed by atoms with E-state index in [-0.39, 0.29) is 23.4 Å². The molecule has 0 atom stereocenters. The van der Waals surface area contributed by atoms with Crippen LogP contribution in [-0.4, -0.2) is 46.4 Å². The van der Waals surface area contributed by atoms with Gasteiger partial charge in [-0.05, 0) is 50.5 Å². The van der Waals surface area contributed by atoms with Gasteiger partial charge in [0.2, 0.25) is 11.8 Å². The van der Waals surface area contributed by atoms with Crippen molar-refractivity contribution in [3.63, 3.8) is 0 Å². The molecule has 7 nitrogen and oxygen atoms in total. The summed E-state index contributed by atoms with van der Waals surface area (Å²) in [7, 11) is 0. The van der Waals surface area contributed by atoms with Crippen LogP contribution in [0.2, 0.25) is 5.02 Å². The molecule has 1 fully saturated rings. The van der Waals surface area contributed by atoms with Crippen LogP contribution in [0.5, 0.6) is 5.88 Å². The summed E-state index contributed by atoms with van der Waals surface area (Å²) in [5, 5.41) is 3.15. The van der Waals surface area contributed by atoms with Gasteiger partial charge in [0.25, 0.3) is 5.91 Å². The quantitative estimate of drug-likeness (QED) is 0.829. The molecule has 0 radical (unpaired) electrons. The number of pyridine rings is 2. The summed E-state index contributed by atoms with van der Waals surface area (Å²) in [5.74, 6) is 0.442. The lowest BCUT2D eigenvalue weighted by Gasteiger charge is -2.31. The van der Waals surface area contributed by atoms with Crippen molar-refractivity contribution in [1.29, 1.82) is 0 Å². The molecule has 0 unspecified atom stereocenters. The summed E-state index contributed by atoms with van der Waals surface area (Å²) in [6.07, 6.45) is 2.82. The maximum absolute atomic E-state index is 12.8. The van der Waals surface area contributed by atoms with Gasteiger partial charge >= 0.3 is 0 Å². The molecule has 0 aliphatic carbocycles. The Morgan fingerprint density at radius 3 is 2.71 bits per heavy atom. The number of likely N-dealkylation sites (tertiary alicyclic amines) is 1. The molecule has 0 saturated carbocycles. The second kappa shape index (κ2) is 9.01. The highest BCUT2D eigenvalue weighted by Crippen LogP contribution is 2.24. The third kappa shape index (κ3) is 4.78. The molecule has 2 amide bonds. The van der Waals surface area contributed by atoms with E-state index in [0.717, 1.165) is 5.56 Å². The van der Waals surface area contributed by atoms with Gasteiger partial charge in [-0.15, -0.1) is 0 Å². The van der Waals surface area contributed by atoms with Crippen molar-refractivity contribution in [2.45, 2.75) is 26.7 Å². The van der Waals surface area contributed by atoms with Gasteiger partial charge in [0.1, 0.15) is 5.82 Å². The lowest BCUT2D eigenvalue weighted by atomic mass is 9.95. The summed E-state index contributed by atoms with van der Waals surface area (Å²) >= 11 is 6.16. The van der Waals surface area contributed by atoms with E-state index in [1.54, 1.807) is 23.2 Å². The maximum Gasteiger partial charge on any atom is 0.274 e. The van der Waals surface area contributed by atoms with Crippen molar-refractivity contribution in [2.24, 2.45) is 5.92 Å². The highest BCUT2D eigenvalue weighted by Gasteiger charge is 2.29. The molecule has 0 aromatic carbocycles. The van der Waals surface area contributed by atoms with E-state index in [0.29, 0.717) is 49.3 Å². The highest BCUT2D eigenvalue weighted by molar-refractivity contribution is 6.33. The molecule has 1 saturated heterocycles. The summed E-state index contributed by atoms with van der Waals surface area (Å²) in [6.45, 7) is 5.18. The highest BCUT2D eigenvalue weighted by atomic mass is 35.5. The van der Waals surface area contributed by atoms with Crippen molar-refractivity contribution in [3.8, 4) is 5.88 Å². The SMILES string of the molecule is CCOc1ccc(Cl)c(C(=O)N2CCC(C(=O)Nc3cc(C)ccn3)CC2)n1. The van der Waals surface area contributed by atoms with E-state index in [1.165, 1.54) is 0 Å². The van der Waals surface area contributed by atoms with Gasteiger partial charge in [-0.3, -0.25) is 9.59 Å². The third-order valence-corrected chi connectivity index (χ3v) is 4.94. The number of carbonyl (C=O) groups is 2. The van der Waals surface area contributed by atoms with Crippen molar-refractivity contribution in [3.05, 3.63) is 46.7 Å². The molecular formula is C20H23ClN4O3. The molecule has 0 spiro atoms. The predicted octanol–water partition coefficient (Wildman–Crippen LogP) is 3.33. The Hall–Kier alpha value is -2.67. The van der Waals surface area contributed by atoms with Crippen molar-refractivity contribution in [1.82, 2.24) is 14.9 Å². The fourth-order valence-electron chi connectivity index (χ4n) is 3.13. The average molecular weight is 403 g/mol. The largest absolute Gasteiger partial charge is 0.478 e. The minimum Gasteiger partial charge on any atom is -0.478 e. The molecule has 0 bridgehead atoms. The van der Waals surface area contributed by atoms with E-state index < -0.39 is 0 Å². The Labute approximate surface area is 169 Å². The first-order chi connectivity index (χ1) is 13.5. The Bertz CT molecular complexity index is 866. The lowest BCUT2D eigenvalue weighted by molar-refractivity contribution is -0.121. The lowest BCUT2D eigenvalue weighted by Crippen LogP contribution is -2.41. The van der Waals surface area contributed by atoms with Crippen molar-refractivity contribution in [2.75, 3.05) is 25.0 Å². The van der Waals surface area contributed by atoms with E-state index in [4.69, 9.17) is 16.3 Å². The average Bonchev–Trinajstić information content (AvgIpc) is 2.69. The van der Waals surface area contributed by atoms with Gasteiger partial charge < -0.3 is 15.0 Å². The summed E-state index contributed by atoms with van der Waals surface area (Å²) < 4.78 is 5.35. The number of aryl methyl sites for hydroxylation is 1. The molecule has 8 heteroatoms. The van der Waals surface area contributed by atoms with Crippen LogP contribution in [-0.2, 0) is 4.79 Å². The van der Waals surface area contributed by atoms with Gasteiger partial charge in [-0.1, -0.05) is 11.6 Å². The van der Waals surface area contributed by atoms with Crippen molar-refractivity contribution < 1.29 is 14.3 Å². The van der Waals surface area contributed by atoms with Crippen LogP contribution in [0.15, 0.2) is 30.5 Å². The Morgan fingerprint density at radius 2 is 2.04 bits per heavy atom. The van der Waals surface area contributed by atoms with Gasteiger partial charge in [0, 0.05) is 31.3 Å². The second-order valence-corrected chi connectivity index (χ2v) is 7.09. The number of rotatable bonds is 5. The topological polar surface area (TPSA) is 84.4 Å². The summed E-state index contributed by atoms with van der Waals surface area (Å²) in [5.41, 5.74) is 1.21. The van der Waals surface area contributed by atoms with E-state index in [1.807, 2.05) is 26.0 Å². The van der Waals surface area contributed by atoms with Gasteiger partial charge in [0.05, 0.1) is 11.6 Å². The number of hydrogen-bond acceptors (Lipinski definition) is 5. The van der Waals surface area contributed by atoms with E-state index in [9.17, 15) is 9.59 Å². The number of halogens is 1. The molecule has 2 aromatic rings. The first-order valence-corrected chi connectivity index (χ1v) is 9.68. The predicted molar refractivity (Wildman–Crippen MR) is 107 cm³/mol. The molecule has 2 aromatic heterocycles. The number of carbonyl (C=O) groups excluding carboxylic acids is 2. The molecule has 1 N–H and O–H groups in total. The molecular weight excluding hydrogens is 380 g/mol. The third-order valence-electron chi connectivity index (χ3n) is 4.63. The standard InChI is InChI=1S/C20H23ClN4O3/c1-3-28-17-5-4-15(21)18(24-17)20(27)25-10-7-14(8-11-25)19(26)23-16-12-13(2)6-9-22-16/h4-6,9,12,14H,3,7-8,10-11H2,1-2H3,(H,22,23,26). The minimum atomic E-state index is -0.245. The van der Waals surface area contributed by atoms with Crippen molar-refractivity contribution >= 4 is 29.2 Å². The maximum atomic E-state index is 12.8. The van der Waals surface area contributed by atoms with Gasteiger partial charge in [-0.25, -0.2) is 9.97 Å². The zero-order valence-corrected chi connectivity index (χ0v) is 16.7. The van der Waals surface area contributed by atoms with E-state index >= 15 is 0 Å². The number of piperidine rings is 1. The fourth-order valence-corrected chi connectivity index (χ4v) is 3.32. The minimum absolute atomic E-state index is 0.0697. The number of anilines is 1. The first kappa shape index (κ1) is 20.1. The zero-order valence-electron chi connectivity index (χ0n) is 15.9. The Kier molecular flexibility index (Phi) is 6.46. The molecule has 1 aliphatic rings. The Balaban J connectivity index is 1.59. The molecule has 1 aliphatic heterocycles. The number of hydrogen-bond donors (Lipinski definition) is 1. The molecule has 28 heavy (non-hydrogen) atoms. The zero-order chi connectivity index (χ0) is 20.1. The van der Waals surface area contributed by atoms with Crippen LogP contribution in [0.4, 0.5) is 5.82 Å². The number of amides is 2. The second-order valence-electron chi connectivity index (χ2n) is 6.69. The van der Waals surface area contributed by atoms with Gasteiger partial charge in [0.15, 0.2) is 5.69 Å². The number of nitrogens with one attached hydrogen (secondary N) is 1. The van der Waals surface area contributed by atoms with Crippen LogP contribution < -0.4 is 10.1 Å². The van der Waals surface area contributed by atoms with Crippen LogP contribution in [0, 0.1) is 12.8 Å². The number of nitrogens with zero attached hydrogens (tertiary/aromatic N) is 3. The fraction of sp³-hybridized carbons (Fsp3) is 0.400. The van der Waals surface area contributed by atoms with Crippen LogP contribution in [0.3, 0.4) is 0 Å². The van der Waals surface area contributed by atoms with Crippen LogP contribution >= 0.6 is 11.6 Å². The molecule has 3 heterocycles. The molecule has 3 rings (SSSR count). The summed E-state index contributed by atoms with van der Waals surface area (Å²) in [6, 6.07) is 6.95. The molecule has 148 valence electrons.